The van der Waals surface area contributed by atoms with Crippen LogP contribution < -0.4 is 10.1 Å². The Morgan fingerprint density at radius 1 is 1.10 bits per heavy atom. The van der Waals surface area contributed by atoms with Crippen molar-refractivity contribution in [1.29, 1.82) is 0 Å². The van der Waals surface area contributed by atoms with E-state index in [1.165, 1.54) is 30.1 Å². The highest BCUT2D eigenvalue weighted by Gasteiger charge is 2.30. The predicted molar refractivity (Wildman–Crippen MR) is 110 cm³/mol. The number of fused-ring (bicyclic) bond motifs is 1. The highest BCUT2D eigenvalue weighted by Crippen LogP contribution is 2.32. The van der Waals surface area contributed by atoms with Crippen molar-refractivity contribution < 1.29 is 22.7 Å². The van der Waals surface area contributed by atoms with Gasteiger partial charge in [-0.05, 0) is 30.3 Å². The summed E-state index contributed by atoms with van der Waals surface area (Å²) in [6.07, 6.45) is -2.90. The van der Waals surface area contributed by atoms with Crippen LogP contribution in [-0.2, 0) is 13.2 Å². The molecule has 158 valence electrons. The van der Waals surface area contributed by atoms with E-state index in [0.29, 0.717) is 39.3 Å². The molecule has 1 amide bonds. The van der Waals surface area contributed by atoms with Crippen LogP contribution in [0.15, 0.2) is 60.8 Å². The SMILES string of the molecule is COc1cccc(NC(=O)c2cc(-c3ccc(C(F)(F)F)cc3)nc3c2cnn3C)c1. The van der Waals surface area contributed by atoms with Crippen LogP contribution in [-0.4, -0.2) is 27.8 Å². The van der Waals surface area contributed by atoms with E-state index in [1.54, 1.807) is 37.4 Å². The van der Waals surface area contributed by atoms with Gasteiger partial charge in [-0.3, -0.25) is 9.48 Å². The number of carbonyl (C=O) groups excluding carboxylic acids is 1. The molecule has 0 fully saturated rings. The number of carbonyl (C=O) groups is 1. The number of aromatic nitrogens is 3. The number of nitrogens with one attached hydrogen (secondary N) is 1. The summed E-state index contributed by atoms with van der Waals surface area (Å²) in [5.41, 5.74) is 1.33. The zero-order chi connectivity index (χ0) is 22.2. The van der Waals surface area contributed by atoms with Gasteiger partial charge in [0.2, 0.25) is 0 Å². The zero-order valence-electron chi connectivity index (χ0n) is 16.6. The second-order valence-corrected chi connectivity index (χ2v) is 6.82. The normalized spacial score (nSPS) is 11.5. The van der Waals surface area contributed by atoms with Crippen LogP contribution in [0.25, 0.3) is 22.3 Å². The number of rotatable bonds is 4. The summed E-state index contributed by atoms with van der Waals surface area (Å²) in [5, 5.41) is 7.50. The number of hydrogen-bond acceptors (Lipinski definition) is 4. The number of methoxy groups -OCH3 is 1. The van der Waals surface area contributed by atoms with Gasteiger partial charge in [-0.1, -0.05) is 18.2 Å². The van der Waals surface area contributed by atoms with Gasteiger partial charge >= 0.3 is 6.18 Å². The summed E-state index contributed by atoms with van der Waals surface area (Å²) >= 11 is 0. The predicted octanol–water partition coefficient (Wildman–Crippen LogP) is 4.92. The van der Waals surface area contributed by atoms with E-state index >= 15 is 0 Å². The summed E-state index contributed by atoms with van der Waals surface area (Å²) in [6.45, 7) is 0. The topological polar surface area (TPSA) is 69.0 Å². The van der Waals surface area contributed by atoms with E-state index < -0.39 is 17.6 Å². The van der Waals surface area contributed by atoms with Crippen molar-refractivity contribution in [2.24, 2.45) is 7.05 Å². The number of anilines is 1. The standard InChI is InChI=1S/C22H17F3N4O2/c1-29-20-18(12-26-29)17(21(30)27-15-4-3-5-16(10-15)31-2)11-19(28-20)13-6-8-14(9-7-13)22(23,24)25/h3-12H,1-2H3,(H,27,30). The first-order chi connectivity index (χ1) is 14.8. The molecule has 2 aromatic carbocycles. The molecule has 1 N–H and O–H groups in total. The molecule has 0 saturated heterocycles. The Balaban J connectivity index is 1.75. The zero-order valence-corrected chi connectivity index (χ0v) is 16.6. The second-order valence-electron chi connectivity index (χ2n) is 6.82. The Labute approximate surface area is 175 Å². The quantitative estimate of drug-likeness (QED) is 0.503. The fourth-order valence-electron chi connectivity index (χ4n) is 3.18. The van der Waals surface area contributed by atoms with Crippen LogP contribution >= 0.6 is 0 Å². The van der Waals surface area contributed by atoms with Crippen molar-refractivity contribution in [3.05, 3.63) is 71.9 Å². The lowest BCUT2D eigenvalue weighted by molar-refractivity contribution is -0.137. The van der Waals surface area contributed by atoms with Gasteiger partial charge in [-0.15, -0.1) is 0 Å². The molecule has 0 aliphatic rings. The number of benzene rings is 2. The van der Waals surface area contributed by atoms with Gasteiger partial charge in [0.1, 0.15) is 5.75 Å². The molecule has 0 radical (unpaired) electrons. The molecule has 0 atom stereocenters. The van der Waals surface area contributed by atoms with Gasteiger partial charge in [0.05, 0.1) is 35.5 Å². The highest BCUT2D eigenvalue weighted by atomic mass is 19.4. The fraction of sp³-hybridized carbons (Fsp3) is 0.136. The lowest BCUT2D eigenvalue weighted by Crippen LogP contribution is -2.13. The molecule has 9 heteroatoms. The Morgan fingerprint density at radius 2 is 1.84 bits per heavy atom. The summed E-state index contributed by atoms with van der Waals surface area (Å²) in [7, 11) is 3.20. The van der Waals surface area contributed by atoms with Crippen LogP contribution in [0.2, 0.25) is 0 Å². The number of ether oxygens (including phenoxy) is 1. The van der Waals surface area contributed by atoms with Crippen LogP contribution in [0.1, 0.15) is 15.9 Å². The number of amides is 1. The minimum atomic E-state index is -4.43. The average Bonchev–Trinajstić information content (AvgIpc) is 3.13. The Kier molecular flexibility index (Phi) is 5.10. The maximum Gasteiger partial charge on any atom is 0.416 e. The molecule has 0 aliphatic carbocycles. The number of hydrogen-bond donors (Lipinski definition) is 1. The first kappa shape index (κ1) is 20.4. The summed E-state index contributed by atoms with van der Waals surface area (Å²) in [6, 6.07) is 13.1. The summed E-state index contributed by atoms with van der Waals surface area (Å²) < 4.78 is 45.3. The number of pyridine rings is 1. The Hall–Kier alpha value is -3.88. The molecule has 0 aliphatic heterocycles. The average molecular weight is 426 g/mol. The van der Waals surface area contributed by atoms with E-state index in [0.717, 1.165) is 12.1 Å². The lowest BCUT2D eigenvalue weighted by atomic mass is 10.0. The minimum absolute atomic E-state index is 0.302. The van der Waals surface area contributed by atoms with E-state index in [1.807, 2.05) is 0 Å². The van der Waals surface area contributed by atoms with Gasteiger partial charge < -0.3 is 10.1 Å². The highest BCUT2D eigenvalue weighted by molar-refractivity contribution is 6.12. The number of halogens is 3. The Bertz CT molecular complexity index is 1260. The first-order valence-corrected chi connectivity index (χ1v) is 9.22. The lowest BCUT2D eigenvalue weighted by Gasteiger charge is -2.11. The summed E-state index contributed by atoms with van der Waals surface area (Å²) in [4.78, 5) is 17.5. The molecule has 4 rings (SSSR count). The number of aryl methyl sites for hydroxylation is 1. The van der Waals surface area contributed by atoms with E-state index in [9.17, 15) is 18.0 Å². The number of nitrogens with zero attached hydrogens (tertiary/aromatic N) is 3. The molecule has 31 heavy (non-hydrogen) atoms. The third-order valence-electron chi connectivity index (χ3n) is 4.79. The molecule has 2 heterocycles. The molecule has 0 saturated carbocycles. The van der Waals surface area contributed by atoms with Gasteiger partial charge in [-0.2, -0.15) is 18.3 Å². The third kappa shape index (κ3) is 4.07. The van der Waals surface area contributed by atoms with Gasteiger partial charge in [-0.25, -0.2) is 4.98 Å². The van der Waals surface area contributed by atoms with E-state index in [-0.39, 0.29) is 0 Å². The van der Waals surface area contributed by atoms with Crippen LogP contribution in [0, 0.1) is 0 Å². The van der Waals surface area contributed by atoms with Crippen molar-refractivity contribution in [3.63, 3.8) is 0 Å². The van der Waals surface area contributed by atoms with Crippen molar-refractivity contribution in [3.8, 4) is 17.0 Å². The Morgan fingerprint density at radius 3 is 2.52 bits per heavy atom. The monoisotopic (exact) mass is 426 g/mol. The molecule has 6 nitrogen and oxygen atoms in total. The van der Waals surface area contributed by atoms with Gasteiger partial charge in [0.15, 0.2) is 5.65 Å². The summed E-state index contributed by atoms with van der Waals surface area (Å²) in [5.74, 6) is 0.186. The first-order valence-electron chi connectivity index (χ1n) is 9.22. The minimum Gasteiger partial charge on any atom is -0.497 e. The smallest absolute Gasteiger partial charge is 0.416 e. The maximum absolute atomic E-state index is 13.0. The molecule has 2 aromatic heterocycles. The molecule has 0 spiro atoms. The molecule has 4 aromatic rings. The van der Waals surface area contributed by atoms with Crippen molar-refractivity contribution in [1.82, 2.24) is 14.8 Å². The van der Waals surface area contributed by atoms with Crippen LogP contribution in [0.3, 0.4) is 0 Å². The number of alkyl halides is 3. The molecular weight excluding hydrogens is 409 g/mol. The van der Waals surface area contributed by atoms with E-state index in [4.69, 9.17) is 4.74 Å². The van der Waals surface area contributed by atoms with Gasteiger partial charge in [0, 0.05) is 24.4 Å². The van der Waals surface area contributed by atoms with Crippen molar-refractivity contribution in [2.45, 2.75) is 6.18 Å². The fourth-order valence-corrected chi connectivity index (χ4v) is 3.18. The van der Waals surface area contributed by atoms with Crippen LogP contribution in [0.4, 0.5) is 18.9 Å². The molecule has 0 bridgehead atoms. The largest absolute Gasteiger partial charge is 0.497 e. The van der Waals surface area contributed by atoms with Crippen molar-refractivity contribution in [2.75, 3.05) is 12.4 Å². The molecular formula is C22H17F3N4O2. The van der Waals surface area contributed by atoms with Gasteiger partial charge in [0.25, 0.3) is 5.91 Å². The third-order valence-corrected chi connectivity index (χ3v) is 4.79. The van der Waals surface area contributed by atoms with Crippen molar-refractivity contribution >= 4 is 22.6 Å². The van der Waals surface area contributed by atoms with E-state index in [2.05, 4.69) is 15.4 Å². The van der Waals surface area contributed by atoms with Crippen LogP contribution in [0.5, 0.6) is 5.75 Å². The second kappa shape index (κ2) is 7.75. The maximum atomic E-state index is 13.0. The molecule has 0 unspecified atom stereocenters.